The predicted molar refractivity (Wildman–Crippen MR) is 60.5 cm³/mol. The minimum Gasteiger partial charge on any atom is -0.748 e. The highest BCUT2D eigenvalue weighted by molar-refractivity contribution is 7.85. The lowest BCUT2D eigenvalue weighted by molar-refractivity contribution is -0.697. The zero-order valence-corrected chi connectivity index (χ0v) is 9.82. The summed E-state index contributed by atoms with van der Waals surface area (Å²) in [5.41, 5.74) is 1.04. The van der Waals surface area contributed by atoms with Gasteiger partial charge in [-0.3, -0.25) is 0 Å². The van der Waals surface area contributed by atoms with Crippen LogP contribution in [-0.4, -0.2) is 18.7 Å². The lowest BCUT2D eigenvalue weighted by atomic mass is 10.2. The molecule has 16 heavy (non-hydrogen) atoms. The third-order valence-corrected chi connectivity index (χ3v) is 3.00. The van der Waals surface area contributed by atoms with Crippen molar-refractivity contribution >= 4 is 16.2 Å². The van der Waals surface area contributed by atoms with Crippen molar-refractivity contribution in [2.45, 2.75) is 19.4 Å². The molecule has 0 atom stereocenters. The van der Waals surface area contributed by atoms with Gasteiger partial charge in [0.05, 0.1) is 10.1 Å². The van der Waals surface area contributed by atoms with E-state index in [1.807, 2.05) is 29.1 Å². The molecule has 0 aliphatic rings. The second-order valence-electron chi connectivity index (χ2n) is 3.54. The second kappa shape index (κ2) is 5.77. The SMILES string of the molecule is C=Cc1cc[n+](CCCCS(=O)(=O)[O-])cc1. The van der Waals surface area contributed by atoms with Crippen LogP contribution < -0.4 is 4.57 Å². The van der Waals surface area contributed by atoms with Gasteiger partial charge in [0.1, 0.15) is 6.54 Å². The Morgan fingerprint density at radius 3 is 2.44 bits per heavy atom. The van der Waals surface area contributed by atoms with Crippen molar-refractivity contribution in [1.29, 1.82) is 0 Å². The molecule has 0 unspecified atom stereocenters. The first-order valence-corrected chi connectivity index (χ1v) is 6.64. The Labute approximate surface area is 96.0 Å². The Morgan fingerprint density at radius 2 is 1.94 bits per heavy atom. The first-order valence-electron chi connectivity index (χ1n) is 5.06. The van der Waals surface area contributed by atoms with Gasteiger partial charge in [0, 0.05) is 24.3 Å². The number of unbranched alkanes of at least 4 members (excludes halogenated alkanes) is 1. The minimum absolute atomic E-state index is 0.279. The minimum atomic E-state index is -4.06. The number of nitrogens with zero attached hydrogens (tertiary/aromatic N) is 1. The van der Waals surface area contributed by atoms with E-state index in [2.05, 4.69) is 6.58 Å². The zero-order chi connectivity index (χ0) is 12.0. The highest BCUT2D eigenvalue weighted by atomic mass is 32.2. The van der Waals surface area contributed by atoms with Gasteiger partial charge in [-0.1, -0.05) is 12.7 Å². The summed E-state index contributed by atoms with van der Waals surface area (Å²) >= 11 is 0. The predicted octanol–water partition coefficient (Wildman–Crippen LogP) is 0.943. The van der Waals surface area contributed by atoms with Gasteiger partial charge in [-0.05, 0) is 12.0 Å². The van der Waals surface area contributed by atoms with E-state index in [0.717, 1.165) is 5.56 Å². The second-order valence-corrected chi connectivity index (χ2v) is 5.07. The molecule has 1 heterocycles. The van der Waals surface area contributed by atoms with Gasteiger partial charge in [0.2, 0.25) is 0 Å². The van der Waals surface area contributed by atoms with Crippen LogP contribution in [0.15, 0.2) is 31.1 Å². The fourth-order valence-corrected chi connectivity index (χ4v) is 1.88. The number of aromatic nitrogens is 1. The van der Waals surface area contributed by atoms with Gasteiger partial charge in [0.25, 0.3) is 0 Å². The highest BCUT2D eigenvalue weighted by Crippen LogP contribution is 1.97. The summed E-state index contributed by atoms with van der Waals surface area (Å²) in [5.74, 6) is -0.279. The Hall–Kier alpha value is -1.20. The molecule has 4 nitrogen and oxygen atoms in total. The van der Waals surface area contributed by atoms with Crippen molar-refractivity contribution in [1.82, 2.24) is 0 Å². The molecule has 0 N–H and O–H groups in total. The quantitative estimate of drug-likeness (QED) is 0.423. The average Bonchev–Trinajstić information content (AvgIpc) is 2.24. The molecular weight excluding hydrogens is 226 g/mol. The Kier molecular flexibility index (Phi) is 4.64. The van der Waals surface area contributed by atoms with Crippen LogP contribution in [0.25, 0.3) is 6.08 Å². The van der Waals surface area contributed by atoms with Crippen molar-refractivity contribution in [2.24, 2.45) is 0 Å². The Balaban J connectivity index is 2.35. The standard InChI is InChI=1S/C11H15NO3S/c1-2-11-5-8-12(9-6-11)7-3-4-10-16(13,14)15/h2,5-6,8-9H,1,3-4,7,10H2. The van der Waals surface area contributed by atoms with Gasteiger partial charge in [-0.25, -0.2) is 13.0 Å². The molecule has 0 aliphatic carbocycles. The van der Waals surface area contributed by atoms with Crippen LogP contribution in [0.2, 0.25) is 0 Å². The van der Waals surface area contributed by atoms with E-state index in [1.165, 1.54) is 0 Å². The number of aryl methyl sites for hydroxylation is 1. The molecule has 1 aromatic rings. The maximum atomic E-state index is 10.4. The van der Waals surface area contributed by atoms with Crippen molar-refractivity contribution < 1.29 is 17.5 Å². The maximum absolute atomic E-state index is 10.4. The molecule has 0 fully saturated rings. The third-order valence-electron chi connectivity index (χ3n) is 2.21. The van der Waals surface area contributed by atoms with Gasteiger partial charge in [0.15, 0.2) is 12.4 Å². The summed E-state index contributed by atoms with van der Waals surface area (Å²) in [4.78, 5) is 0. The van der Waals surface area contributed by atoms with Crippen LogP contribution in [0.5, 0.6) is 0 Å². The Morgan fingerprint density at radius 1 is 1.31 bits per heavy atom. The van der Waals surface area contributed by atoms with Gasteiger partial charge in [-0.2, -0.15) is 0 Å². The van der Waals surface area contributed by atoms with Crippen LogP contribution in [0.3, 0.4) is 0 Å². The highest BCUT2D eigenvalue weighted by Gasteiger charge is 2.01. The van der Waals surface area contributed by atoms with E-state index in [1.54, 1.807) is 6.08 Å². The first-order chi connectivity index (χ1) is 7.51. The molecular formula is C11H15NO3S. The van der Waals surface area contributed by atoms with Gasteiger partial charge >= 0.3 is 0 Å². The molecule has 0 bridgehead atoms. The third kappa shape index (κ3) is 5.04. The fourth-order valence-electron chi connectivity index (χ4n) is 1.33. The van der Waals surface area contributed by atoms with Crippen molar-refractivity contribution in [2.75, 3.05) is 5.75 Å². The van der Waals surface area contributed by atoms with E-state index in [0.29, 0.717) is 19.4 Å². The zero-order valence-electron chi connectivity index (χ0n) is 9.00. The summed E-state index contributed by atoms with van der Waals surface area (Å²) in [6.45, 7) is 4.37. The van der Waals surface area contributed by atoms with Crippen LogP contribution in [0, 0.1) is 0 Å². The van der Waals surface area contributed by atoms with E-state index >= 15 is 0 Å². The van der Waals surface area contributed by atoms with E-state index in [-0.39, 0.29) is 5.75 Å². The normalized spacial score (nSPS) is 11.3. The molecule has 1 aromatic heterocycles. The molecule has 0 radical (unpaired) electrons. The monoisotopic (exact) mass is 241 g/mol. The van der Waals surface area contributed by atoms with Crippen LogP contribution >= 0.6 is 0 Å². The summed E-state index contributed by atoms with van der Waals surface area (Å²) in [7, 11) is -4.06. The lowest BCUT2D eigenvalue weighted by Crippen LogP contribution is -2.32. The van der Waals surface area contributed by atoms with Gasteiger partial charge < -0.3 is 4.55 Å². The van der Waals surface area contributed by atoms with E-state index in [4.69, 9.17) is 0 Å². The molecule has 0 spiro atoms. The maximum Gasteiger partial charge on any atom is 0.169 e. The topological polar surface area (TPSA) is 61.1 Å². The molecule has 0 saturated heterocycles. The summed E-state index contributed by atoms with van der Waals surface area (Å²) in [6.07, 6.45) is 6.65. The van der Waals surface area contributed by atoms with E-state index < -0.39 is 10.1 Å². The molecule has 88 valence electrons. The number of hydrogen-bond donors (Lipinski definition) is 0. The smallest absolute Gasteiger partial charge is 0.169 e. The van der Waals surface area contributed by atoms with Gasteiger partial charge in [-0.15, -0.1) is 0 Å². The van der Waals surface area contributed by atoms with E-state index in [9.17, 15) is 13.0 Å². The Bertz CT molecular complexity index is 437. The number of hydrogen-bond acceptors (Lipinski definition) is 3. The van der Waals surface area contributed by atoms with Crippen LogP contribution in [0.4, 0.5) is 0 Å². The fraction of sp³-hybridized carbons (Fsp3) is 0.364. The lowest BCUT2D eigenvalue weighted by Gasteiger charge is -2.04. The molecule has 0 saturated carbocycles. The number of pyridine rings is 1. The van der Waals surface area contributed by atoms with Crippen molar-refractivity contribution in [3.05, 3.63) is 36.7 Å². The summed E-state index contributed by atoms with van der Waals surface area (Å²) < 4.78 is 33.0. The molecule has 1 rings (SSSR count). The van der Waals surface area contributed by atoms with Crippen LogP contribution in [-0.2, 0) is 16.7 Å². The first kappa shape index (κ1) is 12.9. The molecule has 0 aliphatic heterocycles. The van der Waals surface area contributed by atoms with Crippen molar-refractivity contribution in [3.63, 3.8) is 0 Å². The number of rotatable bonds is 6. The molecule has 0 aromatic carbocycles. The molecule has 0 amide bonds. The molecule has 5 heteroatoms. The summed E-state index contributed by atoms with van der Waals surface area (Å²) in [6, 6.07) is 3.86. The summed E-state index contributed by atoms with van der Waals surface area (Å²) in [5, 5.41) is 0. The largest absolute Gasteiger partial charge is 0.748 e. The van der Waals surface area contributed by atoms with Crippen molar-refractivity contribution in [3.8, 4) is 0 Å². The average molecular weight is 241 g/mol. The van der Waals surface area contributed by atoms with Crippen LogP contribution in [0.1, 0.15) is 18.4 Å².